The third-order valence-electron chi connectivity index (χ3n) is 2.90. The summed E-state index contributed by atoms with van der Waals surface area (Å²) in [7, 11) is 1.83. The third kappa shape index (κ3) is 2.64. The summed E-state index contributed by atoms with van der Waals surface area (Å²) in [5.74, 6) is 0.729. The molecule has 0 bridgehead atoms. The van der Waals surface area contributed by atoms with Crippen LogP contribution in [0.15, 0.2) is 12.5 Å². The molecule has 2 heterocycles. The Morgan fingerprint density at radius 1 is 1.42 bits per heavy atom. The molecule has 0 fully saturated rings. The second-order valence-corrected chi connectivity index (χ2v) is 4.17. The Kier molecular flexibility index (Phi) is 3.94. The third-order valence-corrected chi connectivity index (χ3v) is 2.90. The number of hydrogen-bond donors (Lipinski definition) is 1. The number of anilines is 1. The van der Waals surface area contributed by atoms with Crippen molar-refractivity contribution in [1.82, 2.24) is 25.1 Å². The van der Waals surface area contributed by atoms with Crippen molar-refractivity contribution < 1.29 is 4.79 Å². The van der Waals surface area contributed by atoms with E-state index in [1.54, 1.807) is 10.9 Å². The predicted molar refractivity (Wildman–Crippen MR) is 72.9 cm³/mol. The van der Waals surface area contributed by atoms with Crippen molar-refractivity contribution in [3.05, 3.63) is 12.5 Å². The van der Waals surface area contributed by atoms with E-state index in [1.807, 2.05) is 25.8 Å². The first-order valence-corrected chi connectivity index (χ1v) is 6.31. The Hall–Kier alpha value is -2.18. The van der Waals surface area contributed by atoms with Crippen LogP contribution < -0.4 is 10.2 Å². The maximum absolute atomic E-state index is 11.7. The highest BCUT2D eigenvalue weighted by Gasteiger charge is 2.15. The van der Waals surface area contributed by atoms with Crippen LogP contribution in [-0.2, 0) is 11.8 Å². The molecule has 7 heteroatoms. The van der Waals surface area contributed by atoms with Crippen LogP contribution in [0, 0.1) is 0 Å². The van der Waals surface area contributed by atoms with Crippen molar-refractivity contribution in [1.29, 1.82) is 0 Å². The summed E-state index contributed by atoms with van der Waals surface area (Å²) in [5.41, 5.74) is 0.763. The number of amides is 1. The molecule has 0 saturated heterocycles. The standard InChI is InChI=1S/C12H18N6O/c1-4-13-10(19)7-18(5-2)12-9-6-16-17(3)11(9)14-8-15-12/h6,8H,4-5,7H2,1-3H3,(H,13,19). The maximum atomic E-state index is 11.7. The zero-order chi connectivity index (χ0) is 13.8. The lowest BCUT2D eigenvalue weighted by Gasteiger charge is -2.21. The lowest BCUT2D eigenvalue weighted by molar-refractivity contribution is -0.119. The maximum Gasteiger partial charge on any atom is 0.239 e. The molecule has 0 aromatic carbocycles. The van der Waals surface area contributed by atoms with Gasteiger partial charge in [-0.1, -0.05) is 0 Å². The number of aromatic nitrogens is 4. The number of likely N-dealkylation sites (N-methyl/N-ethyl adjacent to an activating group) is 2. The smallest absolute Gasteiger partial charge is 0.239 e. The molecular formula is C12H18N6O. The van der Waals surface area contributed by atoms with Crippen LogP contribution in [0.25, 0.3) is 11.0 Å². The second-order valence-electron chi connectivity index (χ2n) is 4.17. The highest BCUT2D eigenvalue weighted by Crippen LogP contribution is 2.21. The van der Waals surface area contributed by atoms with Gasteiger partial charge in [0, 0.05) is 20.1 Å². The molecule has 1 N–H and O–H groups in total. The number of fused-ring (bicyclic) bond motifs is 1. The van der Waals surface area contributed by atoms with E-state index in [9.17, 15) is 4.79 Å². The SMILES string of the molecule is CCNC(=O)CN(CC)c1ncnc2c1cnn2C. The van der Waals surface area contributed by atoms with Gasteiger partial charge in [-0.3, -0.25) is 9.48 Å². The topological polar surface area (TPSA) is 75.9 Å². The van der Waals surface area contributed by atoms with E-state index in [1.165, 1.54) is 6.33 Å². The summed E-state index contributed by atoms with van der Waals surface area (Å²) >= 11 is 0. The van der Waals surface area contributed by atoms with E-state index < -0.39 is 0 Å². The molecule has 2 aromatic rings. The summed E-state index contributed by atoms with van der Waals surface area (Å²) in [6.07, 6.45) is 3.23. The quantitative estimate of drug-likeness (QED) is 0.840. The summed E-state index contributed by atoms with van der Waals surface area (Å²) in [6, 6.07) is 0. The van der Waals surface area contributed by atoms with Crippen molar-refractivity contribution in [3.63, 3.8) is 0 Å². The molecule has 0 aliphatic heterocycles. The van der Waals surface area contributed by atoms with Gasteiger partial charge >= 0.3 is 0 Å². The van der Waals surface area contributed by atoms with E-state index in [-0.39, 0.29) is 12.5 Å². The van der Waals surface area contributed by atoms with Gasteiger partial charge in [-0.05, 0) is 13.8 Å². The second kappa shape index (κ2) is 5.64. The van der Waals surface area contributed by atoms with Gasteiger partial charge in [-0.25, -0.2) is 9.97 Å². The molecule has 0 radical (unpaired) electrons. The highest BCUT2D eigenvalue weighted by molar-refractivity contribution is 5.89. The number of nitrogens with one attached hydrogen (secondary N) is 1. The Balaban J connectivity index is 2.32. The van der Waals surface area contributed by atoms with Crippen molar-refractivity contribution in [2.75, 3.05) is 24.5 Å². The summed E-state index contributed by atoms with van der Waals surface area (Å²) < 4.78 is 1.69. The van der Waals surface area contributed by atoms with Crippen LogP contribution in [0.1, 0.15) is 13.8 Å². The van der Waals surface area contributed by atoms with E-state index in [2.05, 4.69) is 20.4 Å². The van der Waals surface area contributed by atoms with Crippen LogP contribution >= 0.6 is 0 Å². The van der Waals surface area contributed by atoms with Crippen LogP contribution in [0.4, 0.5) is 5.82 Å². The van der Waals surface area contributed by atoms with Gasteiger partial charge < -0.3 is 10.2 Å². The molecular weight excluding hydrogens is 244 g/mol. The van der Waals surface area contributed by atoms with Gasteiger partial charge in [0.05, 0.1) is 18.1 Å². The normalized spacial score (nSPS) is 10.7. The summed E-state index contributed by atoms with van der Waals surface area (Å²) in [4.78, 5) is 22.1. The van der Waals surface area contributed by atoms with E-state index >= 15 is 0 Å². The fraction of sp³-hybridized carbons (Fsp3) is 0.500. The zero-order valence-corrected chi connectivity index (χ0v) is 11.4. The van der Waals surface area contributed by atoms with E-state index in [0.29, 0.717) is 13.1 Å². The highest BCUT2D eigenvalue weighted by atomic mass is 16.2. The molecule has 19 heavy (non-hydrogen) atoms. The Morgan fingerprint density at radius 2 is 2.21 bits per heavy atom. The molecule has 0 atom stereocenters. The van der Waals surface area contributed by atoms with Gasteiger partial charge in [0.2, 0.25) is 5.91 Å². The first kappa shape index (κ1) is 13.3. The molecule has 2 aromatic heterocycles. The van der Waals surface area contributed by atoms with Gasteiger partial charge in [0.25, 0.3) is 0 Å². The summed E-state index contributed by atoms with van der Waals surface area (Å²) in [6.45, 7) is 5.49. The zero-order valence-electron chi connectivity index (χ0n) is 11.4. The Labute approximate surface area is 111 Å². The number of aryl methyl sites for hydroxylation is 1. The van der Waals surface area contributed by atoms with Crippen molar-refractivity contribution in [3.8, 4) is 0 Å². The minimum absolute atomic E-state index is 0.0139. The number of carbonyl (C=O) groups is 1. The lowest BCUT2D eigenvalue weighted by Crippen LogP contribution is -2.37. The van der Waals surface area contributed by atoms with Crippen molar-refractivity contribution in [2.24, 2.45) is 7.05 Å². The van der Waals surface area contributed by atoms with Gasteiger partial charge in [0.1, 0.15) is 12.1 Å². The molecule has 0 spiro atoms. The fourth-order valence-corrected chi connectivity index (χ4v) is 1.96. The van der Waals surface area contributed by atoms with Crippen molar-refractivity contribution in [2.45, 2.75) is 13.8 Å². The molecule has 7 nitrogen and oxygen atoms in total. The van der Waals surface area contributed by atoms with Gasteiger partial charge in [0.15, 0.2) is 5.65 Å². The van der Waals surface area contributed by atoms with E-state index in [0.717, 1.165) is 16.9 Å². The molecule has 0 unspecified atom stereocenters. The first-order chi connectivity index (χ1) is 9.17. The molecule has 1 amide bonds. The minimum atomic E-state index is -0.0139. The molecule has 0 saturated carbocycles. The molecule has 102 valence electrons. The Bertz CT molecular complexity index is 579. The van der Waals surface area contributed by atoms with Gasteiger partial charge in [-0.2, -0.15) is 5.10 Å². The van der Waals surface area contributed by atoms with Crippen molar-refractivity contribution >= 4 is 22.8 Å². The molecule has 2 rings (SSSR count). The van der Waals surface area contributed by atoms with Crippen LogP contribution in [0.3, 0.4) is 0 Å². The largest absolute Gasteiger partial charge is 0.355 e. The van der Waals surface area contributed by atoms with Crippen LogP contribution in [0.2, 0.25) is 0 Å². The molecule has 0 aliphatic rings. The number of rotatable bonds is 5. The first-order valence-electron chi connectivity index (χ1n) is 6.31. The summed E-state index contributed by atoms with van der Waals surface area (Å²) in [5, 5.41) is 7.82. The number of carbonyl (C=O) groups excluding carboxylic acids is 1. The van der Waals surface area contributed by atoms with E-state index in [4.69, 9.17) is 0 Å². The number of nitrogens with zero attached hydrogens (tertiary/aromatic N) is 5. The molecule has 0 aliphatic carbocycles. The van der Waals surface area contributed by atoms with Crippen LogP contribution in [-0.4, -0.2) is 45.3 Å². The average molecular weight is 262 g/mol. The minimum Gasteiger partial charge on any atom is -0.355 e. The van der Waals surface area contributed by atoms with Gasteiger partial charge in [-0.15, -0.1) is 0 Å². The average Bonchev–Trinajstić information content (AvgIpc) is 2.78. The number of hydrogen-bond acceptors (Lipinski definition) is 5. The lowest BCUT2D eigenvalue weighted by atomic mass is 10.3. The predicted octanol–water partition coefficient (Wildman–Crippen LogP) is 0.326. The monoisotopic (exact) mass is 262 g/mol. The van der Waals surface area contributed by atoms with Crippen LogP contribution in [0.5, 0.6) is 0 Å². The fourth-order valence-electron chi connectivity index (χ4n) is 1.96. The Morgan fingerprint density at radius 3 is 2.89 bits per heavy atom.